The molecule has 0 saturated carbocycles. The Morgan fingerprint density at radius 2 is 1.97 bits per heavy atom. The molecule has 10 heteroatoms. The van der Waals surface area contributed by atoms with Gasteiger partial charge in [0.2, 0.25) is 0 Å². The number of halogens is 2. The van der Waals surface area contributed by atoms with Crippen molar-refractivity contribution < 1.29 is 53.0 Å². The molecule has 0 spiro atoms. The minimum atomic E-state index is -1.26. The van der Waals surface area contributed by atoms with Gasteiger partial charge in [-0.25, -0.2) is 13.8 Å². The number of carboxylic acid groups (broad SMARTS) is 1. The zero-order valence-electron chi connectivity index (χ0n) is 18.2. The summed E-state index contributed by atoms with van der Waals surface area (Å²) >= 11 is 2.66. The van der Waals surface area contributed by atoms with Crippen molar-refractivity contribution in [2.75, 3.05) is 10.8 Å². The second-order valence-electron chi connectivity index (χ2n) is 7.03. The standard InChI is InChI=1S/C22H22F2N2O3S2.Na/c1-13-8-20(29-11-16-4-6-17(7-5-16)21(27)28)19(9-18(13)24)26(10-14(2)23)31-22-25-15(3)12-30-22;/h4-9,12,14H,10-11H2,1-3H3,(H,27,28);/q;+1/p-1. The Bertz CT molecular complexity index is 1060. The van der Waals surface area contributed by atoms with E-state index in [4.69, 9.17) is 4.74 Å². The van der Waals surface area contributed by atoms with E-state index in [1.807, 2.05) is 12.3 Å². The third-order valence-electron chi connectivity index (χ3n) is 4.30. The van der Waals surface area contributed by atoms with Crippen LogP contribution < -0.4 is 43.7 Å². The van der Waals surface area contributed by atoms with Gasteiger partial charge in [-0.05, 0) is 43.5 Å². The van der Waals surface area contributed by atoms with E-state index >= 15 is 0 Å². The Hall–Kier alpha value is -1.65. The van der Waals surface area contributed by atoms with Gasteiger partial charge in [0.15, 0.2) is 4.34 Å². The summed E-state index contributed by atoms with van der Waals surface area (Å²) in [5.74, 6) is -1.29. The van der Waals surface area contributed by atoms with Crippen LogP contribution >= 0.6 is 23.3 Å². The normalized spacial score (nSPS) is 11.5. The molecule has 1 aromatic heterocycles. The molecule has 1 atom stereocenters. The number of ether oxygens (including phenoxy) is 1. The maximum absolute atomic E-state index is 14.4. The molecule has 32 heavy (non-hydrogen) atoms. The van der Waals surface area contributed by atoms with Crippen LogP contribution in [0.15, 0.2) is 46.1 Å². The Morgan fingerprint density at radius 1 is 1.28 bits per heavy atom. The van der Waals surface area contributed by atoms with Crippen LogP contribution in [-0.4, -0.2) is 23.7 Å². The molecule has 0 N–H and O–H groups in total. The Morgan fingerprint density at radius 3 is 2.53 bits per heavy atom. The number of hydrogen-bond donors (Lipinski definition) is 0. The van der Waals surface area contributed by atoms with E-state index in [-0.39, 0.29) is 48.3 Å². The van der Waals surface area contributed by atoms with Gasteiger partial charge in [-0.1, -0.05) is 24.3 Å². The first-order chi connectivity index (χ1) is 14.7. The summed E-state index contributed by atoms with van der Waals surface area (Å²) in [6.07, 6.45) is -1.16. The number of carbonyl (C=O) groups is 1. The van der Waals surface area contributed by atoms with Crippen molar-refractivity contribution in [2.45, 2.75) is 37.9 Å². The van der Waals surface area contributed by atoms with Crippen molar-refractivity contribution in [1.82, 2.24) is 4.98 Å². The quantitative estimate of drug-likeness (QED) is 0.339. The van der Waals surface area contributed by atoms with E-state index in [1.165, 1.54) is 48.4 Å². The summed E-state index contributed by atoms with van der Waals surface area (Å²) in [5.41, 5.74) is 2.45. The molecule has 0 amide bonds. The largest absolute Gasteiger partial charge is 1.00 e. The van der Waals surface area contributed by atoms with Crippen molar-refractivity contribution in [2.24, 2.45) is 0 Å². The molecule has 0 fully saturated rings. The molecule has 0 aliphatic carbocycles. The Labute approximate surface area is 216 Å². The molecule has 0 aliphatic rings. The van der Waals surface area contributed by atoms with Gasteiger partial charge in [-0.3, -0.25) is 0 Å². The van der Waals surface area contributed by atoms with Crippen LogP contribution in [0.2, 0.25) is 0 Å². The molecule has 164 valence electrons. The average molecular weight is 487 g/mol. The monoisotopic (exact) mass is 486 g/mol. The van der Waals surface area contributed by atoms with E-state index in [2.05, 4.69) is 4.98 Å². The zero-order valence-corrected chi connectivity index (χ0v) is 21.9. The fraction of sp³-hybridized carbons (Fsp3) is 0.273. The van der Waals surface area contributed by atoms with Gasteiger partial charge in [-0.2, -0.15) is 0 Å². The van der Waals surface area contributed by atoms with Gasteiger partial charge >= 0.3 is 29.6 Å². The van der Waals surface area contributed by atoms with Crippen LogP contribution in [0.5, 0.6) is 5.75 Å². The maximum Gasteiger partial charge on any atom is 1.00 e. The molecule has 3 aromatic rings. The molecular weight excluding hydrogens is 465 g/mol. The fourth-order valence-electron chi connectivity index (χ4n) is 2.74. The number of rotatable bonds is 9. The van der Waals surface area contributed by atoms with Gasteiger partial charge in [0.25, 0.3) is 0 Å². The fourth-order valence-corrected chi connectivity index (χ4v) is 4.74. The summed E-state index contributed by atoms with van der Waals surface area (Å²) in [5, 5.41) is 12.8. The van der Waals surface area contributed by atoms with E-state index < -0.39 is 18.0 Å². The zero-order chi connectivity index (χ0) is 22.5. The number of benzene rings is 2. The van der Waals surface area contributed by atoms with Gasteiger partial charge in [0.1, 0.15) is 24.3 Å². The number of anilines is 1. The maximum atomic E-state index is 14.4. The van der Waals surface area contributed by atoms with Crippen molar-refractivity contribution in [3.63, 3.8) is 0 Å². The molecule has 0 saturated heterocycles. The Kier molecular flexibility index (Phi) is 9.97. The van der Waals surface area contributed by atoms with Crippen molar-refractivity contribution in [3.05, 3.63) is 70.0 Å². The second-order valence-corrected chi connectivity index (χ2v) is 9.16. The van der Waals surface area contributed by atoms with E-state index in [1.54, 1.807) is 29.4 Å². The number of thiazole rings is 1. The van der Waals surface area contributed by atoms with Gasteiger partial charge in [0.05, 0.1) is 18.2 Å². The van der Waals surface area contributed by atoms with E-state index in [0.29, 0.717) is 21.3 Å². The first kappa shape index (κ1) is 26.6. The number of nitrogens with zero attached hydrogens (tertiary/aromatic N) is 2. The average Bonchev–Trinajstić information content (AvgIpc) is 3.12. The van der Waals surface area contributed by atoms with Crippen molar-refractivity contribution in [1.29, 1.82) is 0 Å². The van der Waals surface area contributed by atoms with Crippen LogP contribution in [0.4, 0.5) is 14.5 Å². The predicted octanol–water partition coefficient (Wildman–Crippen LogP) is 1.72. The molecule has 2 aromatic carbocycles. The van der Waals surface area contributed by atoms with Crippen LogP contribution in [0.25, 0.3) is 0 Å². The number of aromatic carboxylic acids is 1. The van der Waals surface area contributed by atoms with E-state index in [9.17, 15) is 18.7 Å². The predicted molar refractivity (Wildman–Crippen MR) is 117 cm³/mol. The number of carboxylic acids is 1. The number of carbonyl (C=O) groups excluding carboxylic acids is 1. The first-order valence-electron chi connectivity index (χ1n) is 9.48. The van der Waals surface area contributed by atoms with Crippen molar-refractivity contribution >= 4 is 34.9 Å². The SMILES string of the molecule is Cc1csc(SN(CC(C)F)c2cc(F)c(C)cc2OCc2ccc(C(=O)[O-])cc2)n1.[Na+]. The second kappa shape index (κ2) is 12.0. The molecule has 0 aliphatic heterocycles. The van der Waals surface area contributed by atoms with Crippen LogP contribution in [-0.2, 0) is 6.61 Å². The van der Waals surface area contributed by atoms with Crippen LogP contribution in [0.3, 0.4) is 0 Å². The smallest absolute Gasteiger partial charge is 0.545 e. The number of aryl methyl sites for hydroxylation is 2. The topological polar surface area (TPSA) is 65.5 Å². The minimum Gasteiger partial charge on any atom is -0.545 e. The summed E-state index contributed by atoms with van der Waals surface area (Å²) < 4.78 is 36.7. The molecule has 0 bridgehead atoms. The van der Waals surface area contributed by atoms with E-state index in [0.717, 1.165) is 11.3 Å². The van der Waals surface area contributed by atoms with Gasteiger partial charge < -0.3 is 18.9 Å². The number of alkyl halides is 1. The van der Waals surface area contributed by atoms with Crippen molar-refractivity contribution in [3.8, 4) is 5.75 Å². The molecular formula is C22H21F2N2NaO3S2. The summed E-state index contributed by atoms with van der Waals surface area (Å²) in [6, 6.07) is 9.01. The van der Waals surface area contributed by atoms with Gasteiger partial charge in [0, 0.05) is 29.1 Å². The molecule has 3 rings (SSSR count). The van der Waals surface area contributed by atoms with Gasteiger partial charge in [-0.15, -0.1) is 11.3 Å². The molecule has 0 radical (unpaired) electrons. The molecule has 1 unspecified atom stereocenters. The molecule has 1 heterocycles. The van der Waals surface area contributed by atoms with Crippen LogP contribution in [0, 0.1) is 19.7 Å². The number of aromatic nitrogens is 1. The third kappa shape index (κ3) is 7.18. The van der Waals surface area contributed by atoms with Crippen LogP contribution in [0.1, 0.15) is 34.1 Å². The minimum absolute atomic E-state index is 0. The molecule has 5 nitrogen and oxygen atoms in total. The first-order valence-corrected chi connectivity index (χ1v) is 11.1. The number of hydrogen-bond acceptors (Lipinski definition) is 7. The summed E-state index contributed by atoms with van der Waals surface area (Å²) in [7, 11) is 0. The third-order valence-corrected chi connectivity index (χ3v) is 6.37. The summed E-state index contributed by atoms with van der Waals surface area (Å²) in [6.45, 7) is 5.08. The Balaban J connectivity index is 0.00000363. The summed E-state index contributed by atoms with van der Waals surface area (Å²) in [4.78, 5) is 15.3.